The van der Waals surface area contributed by atoms with Crippen molar-refractivity contribution in [1.29, 1.82) is 0 Å². The monoisotopic (exact) mass is 288 g/mol. The van der Waals surface area contributed by atoms with Crippen LogP contribution >= 0.6 is 11.6 Å². The van der Waals surface area contributed by atoms with Crippen LogP contribution in [0.25, 0.3) is 0 Å². The van der Waals surface area contributed by atoms with Crippen molar-refractivity contribution in [3.63, 3.8) is 0 Å². The van der Waals surface area contributed by atoms with Crippen LogP contribution in [0.2, 0.25) is 5.02 Å². The Morgan fingerprint density at radius 2 is 2.00 bits per heavy atom. The van der Waals surface area contributed by atoms with E-state index in [0.29, 0.717) is 22.0 Å². The number of aryl methyl sites for hydroxylation is 2. The minimum absolute atomic E-state index is 0.164. The summed E-state index contributed by atoms with van der Waals surface area (Å²) in [4.78, 5) is 12.2. The van der Waals surface area contributed by atoms with Crippen LogP contribution in [-0.4, -0.2) is 5.91 Å². The normalized spacial score (nSPS) is 10.3. The van der Waals surface area contributed by atoms with Gasteiger partial charge >= 0.3 is 0 Å². The zero-order valence-corrected chi connectivity index (χ0v) is 12.3. The maximum Gasteiger partial charge on any atom is 0.255 e. The van der Waals surface area contributed by atoms with E-state index in [1.54, 1.807) is 24.3 Å². The quantitative estimate of drug-likeness (QED) is 0.837. The molecule has 1 amide bonds. The number of carbonyl (C=O) groups is 1. The van der Waals surface area contributed by atoms with Gasteiger partial charge in [0.1, 0.15) is 0 Å². The molecule has 0 aliphatic heterocycles. The van der Waals surface area contributed by atoms with E-state index in [9.17, 15) is 4.79 Å². The number of nitrogens with one attached hydrogen (secondary N) is 1. The number of rotatable bonds is 3. The van der Waals surface area contributed by atoms with Gasteiger partial charge in [-0.15, -0.1) is 0 Å². The molecule has 2 aromatic rings. The van der Waals surface area contributed by atoms with Gasteiger partial charge in [0.2, 0.25) is 0 Å². The van der Waals surface area contributed by atoms with Crippen molar-refractivity contribution in [3.05, 3.63) is 58.1 Å². The largest absolute Gasteiger partial charge is 0.398 e. The molecule has 3 N–H and O–H groups in total. The zero-order chi connectivity index (χ0) is 14.7. The first-order valence-corrected chi connectivity index (χ1v) is 6.85. The standard InChI is InChI=1S/C16H17ClN2O/c1-3-11-4-6-13(9-15(11)18)19-16(20)14-7-5-12(17)8-10(14)2/h4-9H,3,18H2,1-2H3,(H,19,20). The second kappa shape index (κ2) is 5.97. The first kappa shape index (κ1) is 14.4. The maximum absolute atomic E-state index is 12.2. The van der Waals surface area contributed by atoms with E-state index in [1.807, 2.05) is 26.0 Å². The highest BCUT2D eigenvalue weighted by atomic mass is 35.5. The number of hydrogen-bond donors (Lipinski definition) is 2. The third kappa shape index (κ3) is 3.11. The summed E-state index contributed by atoms with van der Waals surface area (Å²) in [6.45, 7) is 3.90. The predicted molar refractivity (Wildman–Crippen MR) is 84.4 cm³/mol. The second-order valence-electron chi connectivity index (χ2n) is 4.68. The molecular weight excluding hydrogens is 272 g/mol. The lowest BCUT2D eigenvalue weighted by atomic mass is 10.1. The van der Waals surface area contributed by atoms with Gasteiger partial charge in [0.15, 0.2) is 0 Å². The number of halogens is 1. The summed E-state index contributed by atoms with van der Waals surface area (Å²) < 4.78 is 0. The van der Waals surface area contributed by atoms with Crippen LogP contribution in [-0.2, 0) is 6.42 Å². The fourth-order valence-electron chi connectivity index (χ4n) is 2.07. The molecule has 0 aliphatic carbocycles. The molecule has 104 valence electrons. The molecule has 0 spiro atoms. The molecule has 3 nitrogen and oxygen atoms in total. The molecule has 0 bridgehead atoms. The lowest BCUT2D eigenvalue weighted by molar-refractivity contribution is 0.102. The van der Waals surface area contributed by atoms with E-state index in [2.05, 4.69) is 5.32 Å². The van der Waals surface area contributed by atoms with Crippen molar-refractivity contribution >= 4 is 28.9 Å². The molecule has 0 fully saturated rings. The number of hydrogen-bond acceptors (Lipinski definition) is 2. The van der Waals surface area contributed by atoms with Gasteiger partial charge in [-0.25, -0.2) is 0 Å². The number of nitrogen functional groups attached to an aromatic ring is 1. The minimum atomic E-state index is -0.164. The molecule has 0 radical (unpaired) electrons. The average Bonchev–Trinajstić information content (AvgIpc) is 2.38. The van der Waals surface area contributed by atoms with E-state index < -0.39 is 0 Å². The van der Waals surface area contributed by atoms with Gasteiger partial charge in [0.25, 0.3) is 5.91 Å². The van der Waals surface area contributed by atoms with Gasteiger partial charge in [-0.1, -0.05) is 24.6 Å². The summed E-state index contributed by atoms with van der Waals surface area (Å²) in [7, 11) is 0. The van der Waals surface area contributed by atoms with E-state index in [0.717, 1.165) is 17.5 Å². The summed E-state index contributed by atoms with van der Waals surface area (Å²) in [6, 6.07) is 10.8. The molecule has 0 heterocycles. The molecule has 0 aliphatic rings. The van der Waals surface area contributed by atoms with Crippen LogP contribution < -0.4 is 11.1 Å². The number of benzene rings is 2. The highest BCUT2D eigenvalue weighted by Crippen LogP contribution is 2.20. The van der Waals surface area contributed by atoms with E-state index in [1.165, 1.54) is 0 Å². The fraction of sp³-hybridized carbons (Fsp3) is 0.188. The van der Waals surface area contributed by atoms with E-state index >= 15 is 0 Å². The molecule has 0 saturated carbocycles. The zero-order valence-electron chi connectivity index (χ0n) is 11.5. The predicted octanol–water partition coefficient (Wildman–Crippen LogP) is 4.05. The van der Waals surface area contributed by atoms with Crippen LogP contribution in [0, 0.1) is 6.92 Å². The van der Waals surface area contributed by atoms with Crippen molar-refractivity contribution in [1.82, 2.24) is 0 Å². The van der Waals surface area contributed by atoms with Gasteiger partial charge in [-0.2, -0.15) is 0 Å². The van der Waals surface area contributed by atoms with Crippen molar-refractivity contribution in [2.24, 2.45) is 0 Å². The summed E-state index contributed by atoms with van der Waals surface area (Å²) in [5.41, 5.74) is 9.83. The Kier molecular flexibility index (Phi) is 4.30. The summed E-state index contributed by atoms with van der Waals surface area (Å²) in [5, 5.41) is 3.47. The van der Waals surface area contributed by atoms with Crippen molar-refractivity contribution < 1.29 is 4.79 Å². The molecule has 0 atom stereocenters. The van der Waals surface area contributed by atoms with Crippen molar-refractivity contribution in [3.8, 4) is 0 Å². The van der Waals surface area contributed by atoms with E-state index in [-0.39, 0.29) is 5.91 Å². The third-order valence-corrected chi connectivity index (χ3v) is 3.45. The van der Waals surface area contributed by atoms with Crippen LogP contribution in [0.4, 0.5) is 11.4 Å². The molecule has 0 saturated heterocycles. The lowest BCUT2D eigenvalue weighted by Crippen LogP contribution is -2.13. The van der Waals surface area contributed by atoms with Crippen LogP contribution in [0.15, 0.2) is 36.4 Å². The molecule has 0 aromatic heterocycles. The summed E-state index contributed by atoms with van der Waals surface area (Å²) >= 11 is 5.89. The Morgan fingerprint density at radius 3 is 2.60 bits per heavy atom. The third-order valence-electron chi connectivity index (χ3n) is 3.22. The van der Waals surface area contributed by atoms with Gasteiger partial charge in [-0.05, 0) is 54.8 Å². The second-order valence-corrected chi connectivity index (χ2v) is 5.12. The minimum Gasteiger partial charge on any atom is -0.398 e. The van der Waals surface area contributed by atoms with Gasteiger partial charge in [0.05, 0.1) is 0 Å². The maximum atomic E-state index is 12.2. The number of amides is 1. The highest BCUT2D eigenvalue weighted by molar-refractivity contribution is 6.30. The van der Waals surface area contributed by atoms with Gasteiger partial charge in [-0.3, -0.25) is 4.79 Å². The molecule has 0 unspecified atom stereocenters. The van der Waals surface area contributed by atoms with Crippen LogP contribution in [0.5, 0.6) is 0 Å². The Labute approximate surface area is 123 Å². The Bertz CT molecular complexity index is 653. The number of carbonyl (C=O) groups excluding carboxylic acids is 1. The van der Waals surface area contributed by atoms with Crippen molar-refractivity contribution in [2.75, 3.05) is 11.1 Å². The average molecular weight is 289 g/mol. The first-order valence-electron chi connectivity index (χ1n) is 6.47. The summed E-state index contributed by atoms with van der Waals surface area (Å²) in [5.74, 6) is -0.164. The molecular formula is C16H17ClN2O. The smallest absolute Gasteiger partial charge is 0.255 e. The van der Waals surface area contributed by atoms with Gasteiger partial charge in [0, 0.05) is 22.0 Å². The Balaban J connectivity index is 2.21. The summed E-state index contributed by atoms with van der Waals surface area (Å²) in [6.07, 6.45) is 0.871. The topological polar surface area (TPSA) is 55.1 Å². The fourth-order valence-corrected chi connectivity index (χ4v) is 2.30. The van der Waals surface area contributed by atoms with Crippen molar-refractivity contribution in [2.45, 2.75) is 20.3 Å². The SMILES string of the molecule is CCc1ccc(NC(=O)c2ccc(Cl)cc2C)cc1N. The van der Waals surface area contributed by atoms with Crippen LogP contribution in [0.3, 0.4) is 0 Å². The molecule has 2 aromatic carbocycles. The first-order chi connectivity index (χ1) is 9.51. The van der Waals surface area contributed by atoms with Gasteiger partial charge < -0.3 is 11.1 Å². The van der Waals surface area contributed by atoms with Crippen LogP contribution in [0.1, 0.15) is 28.4 Å². The Morgan fingerprint density at radius 1 is 1.25 bits per heavy atom. The molecule has 20 heavy (non-hydrogen) atoms. The highest BCUT2D eigenvalue weighted by Gasteiger charge is 2.10. The number of nitrogens with two attached hydrogens (primary N) is 1. The van der Waals surface area contributed by atoms with E-state index in [4.69, 9.17) is 17.3 Å². The lowest BCUT2D eigenvalue weighted by Gasteiger charge is -2.10. The Hall–Kier alpha value is -2.00. The number of anilines is 2. The molecule has 4 heteroatoms. The molecule has 2 rings (SSSR count).